The topological polar surface area (TPSA) is 96.4 Å². The molecule has 0 aliphatic carbocycles. The van der Waals surface area contributed by atoms with E-state index < -0.39 is 5.97 Å². The van der Waals surface area contributed by atoms with Gasteiger partial charge >= 0.3 is 5.97 Å². The third kappa shape index (κ3) is 2.95. The van der Waals surface area contributed by atoms with Crippen LogP contribution in [0.1, 0.15) is 28.8 Å². The predicted molar refractivity (Wildman–Crippen MR) is 92.6 cm³/mol. The number of esters is 1. The summed E-state index contributed by atoms with van der Waals surface area (Å²) in [5.41, 5.74) is 0.823. The molecule has 1 atom stereocenters. The predicted octanol–water partition coefficient (Wildman–Crippen LogP) is 1.82. The number of benzene rings is 1. The van der Waals surface area contributed by atoms with Crippen LogP contribution in [0.5, 0.6) is 0 Å². The third-order valence-corrected chi connectivity index (χ3v) is 4.47. The molecule has 1 aliphatic rings. The number of nitrogens with zero attached hydrogens (tertiary/aromatic N) is 6. The van der Waals surface area contributed by atoms with Gasteiger partial charge in [-0.05, 0) is 37.1 Å². The molecule has 1 fully saturated rings. The fourth-order valence-corrected chi connectivity index (χ4v) is 3.23. The molecule has 1 aromatic carbocycles. The molecule has 0 saturated carbocycles. The van der Waals surface area contributed by atoms with Crippen molar-refractivity contribution in [2.24, 2.45) is 0 Å². The number of hydrogen-bond acceptors (Lipinski definition) is 7. The zero-order valence-corrected chi connectivity index (χ0v) is 13.9. The fourth-order valence-electron chi connectivity index (χ4n) is 3.23. The van der Waals surface area contributed by atoms with Gasteiger partial charge in [0.05, 0.1) is 23.2 Å². The van der Waals surface area contributed by atoms with E-state index in [9.17, 15) is 4.79 Å². The highest BCUT2D eigenvalue weighted by Crippen LogP contribution is 2.25. The lowest BCUT2D eigenvalue weighted by atomic mass is 10.1. The zero-order chi connectivity index (χ0) is 17.9. The van der Waals surface area contributed by atoms with E-state index in [-0.39, 0.29) is 12.6 Å². The Morgan fingerprint density at radius 3 is 3.15 bits per heavy atom. The maximum atomic E-state index is 12.3. The van der Waals surface area contributed by atoms with Gasteiger partial charge in [-0.2, -0.15) is 19.9 Å². The first-order valence-electron chi connectivity index (χ1n) is 8.35. The molecular weight excluding hydrogens is 332 g/mol. The van der Waals surface area contributed by atoms with Gasteiger partial charge in [0.1, 0.15) is 18.8 Å². The van der Waals surface area contributed by atoms with E-state index in [1.807, 2.05) is 12.1 Å². The minimum absolute atomic E-state index is 0.0629. The quantitative estimate of drug-likeness (QED) is 0.663. The summed E-state index contributed by atoms with van der Waals surface area (Å²) in [4.78, 5) is 22.8. The van der Waals surface area contributed by atoms with Crippen molar-refractivity contribution in [3.63, 3.8) is 0 Å². The summed E-state index contributed by atoms with van der Waals surface area (Å²) >= 11 is 0. The normalized spacial score (nSPS) is 16.6. The number of carbonyl (C=O) groups is 1. The van der Waals surface area contributed by atoms with Crippen LogP contribution in [0.4, 0.5) is 5.82 Å². The highest BCUT2D eigenvalue weighted by atomic mass is 16.5. The Labute approximate surface area is 149 Å². The van der Waals surface area contributed by atoms with Crippen molar-refractivity contribution in [2.45, 2.75) is 18.9 Å². The molecule has 0 bridgehead atoms. The molecule has 130 valence electrons. The minimum Gasteiger partial charge on any atom is -0.460 e. The molecule has 8 nitrogen and oxygen atoms in total. The summed E-state index contributed by atoms with van der Waals surface area (Å²) < 4.78 is 7.20. The number of rotatable bonds is 4. The first-order chi connectivity index (χ1) is 12.8. The molecule has 0 N–H and O–H groups in total. The average molecular weight is 348 g/mol. The molecule has 2 aromatic heterocycles. The Balaban J connectivity index is 1.48. The van der Waals surface area contributed by atoms with Gasteiger partial charge < -0.3 is 9.64 Å². The molecule has 3 aromatic rings. The van der Waals surface area contributed by atoms with Gasteiger partial charge in [0.25, 0.3) is 5.78 Å². The van der Waals surface area contributed by atoms with Crippen LogP contribution in [0.3, 0.4) is 0 Å². The van der Waals surface area contributed by atoms with Gasteiger partial charge in [0.15, 0.2) is 0 Å². The number of fused-ring (bicyclic) bond motifs is 1. The smallest absolute Gasteiger partial charge is 0.338 e. The first-order valence-corrected chi connectivity index (χ1v) is 8.35. The first kappa shape index (κ1) is 16.0. The fraction of sp³-hybridized carbons (Fsp3) is 0.278. The number of anilines is 1. The van der Waals surface area contributed by atoms with Crippen LogP contribution in [0.2, 0.25) is 0 Å². The van der Waals surface area contributed by atoms with Crippen LogP contribution < -0.4 is 4.90 Å². The van der Waals surface area contributed by atoms with Gasteiger partial charge in [-0.1, -0.05) is 6.07 Å². The molecule has 0 unspecified atom stereocenters. The van der Waals surface area contributed by atoms with Gasteiger partial charge in [0, 0.05) is 12.7 Å². The Morgan fingerprint density at radius 2 is 2.27 bits per heavy atom. The van der Waals surface area contributed by atoms with E-state index in [1.54, 1.807) is 28.9 Å². The molecule has 0 spiro atoms. The summed E-state index contributed by atoms with van der Waals surface area (Å²) in [6.07, 6.45) is 5.10. The monoisotopic (exact) mass is 348 g/mol. The third-order valence-electron chi connectivity index (χ3n) is 4.47. The van der Waals surface area contributed by atoms with E-state index in [0.717, 1.165) is 25.2 Å². The zero-order valence-electron chi connectivity index (χ0n) is 13.9. The SMILES string of the molecule is N#Cc1cccc(C(=O)OC[C@H]2CCCN2c2ccnc3ncnn23)c1. The second-order valence-electron chi connectivity index (χ2n) is 6.06. The second-order valence-corrected chi connectivity index (χ2v) is 6.06. The lowest BCUT2D eigenvalue weighted by Crippen LogP contribution is -2.35. The molecule has 3 heterocycles. The molecule has 0 radical (unpaired) electrons. The highest BCUT2D eigenvalue weighted by Gasteiger charge is 2.28. The molecule has 8 heteroatoms. The Hall–Kier alpha value is -3.47. The molecule has 4 rings (SSSR count). The number of hydrogen-bond donors (Lipinski definition) is 0. The number of aromatic nitrogens is 4. The van der Waals surface area contributed by atoms with Crippen LogP contribution >= 0.6 is 0 Å². The van der Waals surface area contributed by atoms with Crippen molar-refractivity contribution in [1.29, 1.82) is 5.26 Å². The van der Waals surface area contributed by atoms with Crippen molar-refractivity contribution < 1.29 is 9.53 Å². The lowest BCUT2D eigenvalue weighted by molar-refractivity contribution is 0.0482. The molecule has 26 heavy (non-hydrogen) atoms. The van der Waals surface area contributed by atoms with E-state index in [1.165, 1.54) is 12.4 Å². The summed E-state index contributed by atoms with van der Waals surface area (Å²) in [7, 11) is 0. The lowest BCUT2D eigenvalue weighted by Gasteiger charge is -2.26. The number of nitriles is 1. The van der Waals surface area contributed by atoms with Crippen molar-refractivity contribution >= 4 is 17.6 Å². The standard InChI is InChI=1S/C18H16N6O2/c19-10-13-3-1-4-14(9-13)17(25)26-11-15-5-2-8-23(15)16-6-7-20-18-21-12-22-24(16)18/h1,3-4,6-7,9,12,15H,2,5,8,11H2/t15-/m1/s1. The van der Waals surface area contributed by atoms with E-state index in [2.05, 4.69) is 20.0 Å². The largest absolute Gasteiger partial charge is 0.460 e. The highest BCUT2D eigenvalue weighted by molar-refractivity contribution is 5.89. The van der Waals surface area contributed by atoms with E-state index >= 15 is 0 Å². The Kier molecular flexibility index (Phi) is 4.19. The Morgan fingerprint density at radius 1 is 1.35 bits per heavy atom. The minimum atomic E-state index is -0.422. The van der Waals surface area contributed by atoms with Crippen LogP contribution in [-0.4, -0.2) is 44.7 Å². The van der Waals surface area contributed by atoms with Crippen LogP contribution in [-0.2, 0) is 4.74 Å². The van der Waals surface area contributed by atoms with Gasteiger partial charge in [-0.15, -0.1) is 0 Å². The van der Waals surface area contributed by atoms with Crippen LogP contribution in [0.25, 0.3) is 5.78 Å². The maximum absolute atomic E-state index is 12.3. The van der Waals surface area contributed by atoms with E-state index in [4.69, 9.17) is 10.00 Å². The average Bonchev–Trinajstić information content (AvgIpc) is 3.35. The molecule has 1 aliphatic heterocycles. The molecular formula is C18H16N6O2. The Bertz CT molecular complexity index is 993. The van der Waals surface area contributed by atoms with Crippen LogP contribution in [0.15, 0.2) is 42.9 Å². The molecule has 1 saturated heterocycles. The summed E-state index contributed by atoms with van der Waals surface area (Å²) in [5.74, 6) is 1.01. The van der Waals surface area contributed by atoms with Gasteiger partial charge in [-0.3, -0.25) is 0 Å². The summed E-state index contributed by atoms with van der Waals surface area (Å²) in [6.45, 7) is 1.12. The van der Waals surface area contributed by atoms with Gasteiger partial charge in [0.2, 0.25) is 0 Å². The summed E-state index contributed by atoms with van der Waals surface area (Å²) in [6, 6.07) is 10.5. The van der Waals surface area contributed by atoms with Crippen molar-refractivity contribution in [2.75, 3.05) is 18.1 Å². The second kappa shape index (κ2) is 6.80. The summed E-state index contributed by atoms with van der Waals surface area (Å²) in [5, 5.41) is 13.2. The van der Waals surface area contributed by atoms with Crippen molar-refractivity contribution in [3.05, 3.63) is 54.0 Å². The van der Waals surface area contributed by atoms with Crippen molar-refractivity contribution in [3.8, 4) is 6.07 Å². The van der Waals surface area contributed by atoms with Gasteiger partial charge in [-0.25, -0.2) is 9.78 Å². The van der Waals surface area contributed by atoms with Crippen LogP contribution in [0, 0.1) is 11.3 Å². The maximum Gasteiger partial charge on any atom is 0.338 e. The number of ether oxygens (including phenoxy) is 1. The van der Waals surface area contributed by atoms with E-state index in [0.29, 0.717) is 16.9 Å². The molecule has 0 amide bonds. The van der Waals surface area contributed by atoms with Crippen molar-refractivity contribution in [1.82, 2.24) is 19.6 Å². The number of carbonyl (C=O) groups excluding carboxylic acids is 1.